The summed E-state index contributed by atoms with van der Waals surface area (Å²) in [6, 6.07) is 25.0. The van der Waals surface area contributed by atoms with Crippen LogP contribution in [0.5, 0.6) is 0 Å². The second-order valence-electron chi connectivity index (χ2n) is 8.28. The summed E-state index contributed by atoms with van der Waals surface area (Å²) in [4.78, 5) is 24.5. The second-order valence-corrected chi connectivity index (χ2v) is 8.28. The van der Waals surface area contributed by atoms with E-state index in [4.69, 9.17) is 19.6 Å². The first-order chi connectivity index (χ1) is 18.0. The molecule has 6 nitrogen and oxygen atoms in total. The van der Waals surface area contributed by atoms with Crippen LogP contribution >= 0.6 is 0 Å². The lowest BCUT2D eigenvalue weighted by Crippen LogP contribution is -2.03. The van der Waals surface area contributed by atoms with Gasteiger partial charge in [0.15, 0.2) is 11.4 Å². The standard InChI is InChI=1S/C30H22FNO5/c1-35-29(33)20-15-13-19(14-16-20)21-22(17-9-5-3-6-10-17)24-26(32)28(30(34)36-2)37-27(24)25(31)23(21)18-11-7-4-8-12-18/h3-16H,32H2,1-2H3. The molecule has 5 aromatic rings. The first kappa shape index (κ1) is 23.8. The molecule has 0 saturated heterocycles. The number of halogens is 1. The topological polar surface area (TPSA) is 91.8 Å². The Labute approximate surface area is 212 Å². The van der Waals surface area contributed by atoms with E-state index in [0.29, 0.717) is 27.8 Å². The van der Waals surface area contributed by atoms with Gasteiger partial charge < -0.3 is 19.6 Å². The zero-order valence-electron chi connectivity index (χ0n) is 20.1. The molecule has 1 aromatic heterocycles. The maximum absolute atomic E-state index is 16.4. The fraction of sp³-hybridized carbons (Fsp3) is 0.0667. The van der Waals surface area contributed by atoms with E-state index in [2.05, 4.69) is 0 Å². The zero-order chi connectivity index (χ0) is 26.1. The van der Waals surface area contributed by atoms with Crippen LogP contribution in [-0.4, -0.2) is 26.2 Å². The van der Waals surface area contributed by atoms with Crippen molar-refractivity contribution in [2.24, 2.45) is 0 Å². The van der Waals surface area contributed by atoms with Crippen molar-refractivity contribution in [3.63, 3.8) is 0 Å². The Hall–Kier alpha value is -4.91. The number of esters is 2. The van der Waals surface area contributed by atoms with Gasteiger partial charge in [0.25, 0.3) is 0 Å². The molecule has 0 fully saturated rings. The fourth-order valence-electron chi connectivity index (χ4n) is 4.51. The van der Waals surface area contributed by atoms with Crippen molar-refractivity contribution in [3.05, 3.63) is 102 Å². The predicted molar refractivity (Wildman–Crippen MR) is 140 cm³/mol. The quantitative estimate of drug-likeness (QED) is 0.272. The monoisotopic (exact) mass is 495 g/mol. The van der Waals surface area contributed by atoms with Crippen molar-refractivity contribution in [1.82, 2.24) is 0 Å². The number of hydrogen-bond donors (Lipinski definition) is 1. The van der Waals surface area contributed by atoms with Crippen LogP contribution < -0.4 is 5.73 Å². The number of fused-ring (bicyclic) bond motifs is 1. The third-order valence-corrected chi connectivity index (χ3v) is 6.20. The van der Waals surface area contributed by atoms with Gasteiger partial charge in [-0.15, -0.1) is 0 Å². The number of furan rings is 1. The Bertz CT molecular complexity index is 1620. The van der Waals surface area contributed by atoms with Crippen molar-refractivity contribution in [1.29, 1.82) is 0 Å². The summed E-state index contributed by atoms with van der Waals surface area (Å²) in [6.07, 6.45) is 0. The number of benzene rings is 4. The summed E-state index contributed by atoms with van der Waals surface area (Å²) in [5, 5.41) is 0.260. The smallest absolute Gasteiger partial charge is 0.376 e. The third kappa shape index (κ3) is 4.00. The molecule has 0 radical (unpaired) electrons. The number of nitrogens with two attached hydrogens (primary N) is 1. The van der Waals surface area contributed by atoms with Crippen molar-refractivity contribution < 1.29 is 27.9 Å². The zero-order valence-corrected chi connectivity index (χ0v) is 20.1. The summed E-state index contributed by atoms with van der Waals surface area (Å²) in [6.45, 7) is 0. The Morgan fingerprint density at radius 2 is 1.22 bits per heavy atom. The van der Waals surface area contributed by atoms with Crippen molar-refractivity contribution >= 4 is 28.6 Å². The molecule has 0 aliphatic carbocycles. The Morgan fingerprint density at radius 1 is 0.703 bits per heavy atom. The molecule has 0 amide bonds. The number of nitrogen functional groups attached to an aromatic ring is 1. The van der Waals surface area contributed by atoms with Gasteiger partial charge in [-0.3, -0.25) is 0 Å². The normalized spacial score (nSPS) is 10.9. The second kappa shape index (κ2) is 9.62. The van der Waals surface area contributed by atoms with Crippen LogP contribution in [0, 0.1) is 5.82 Å². The highest BCUT2D eigenvalue weighted by Gasteiger charge is 2.30. The van der Waals surface area contributed by atoms with Crippen LogP contribution in [-0.2, 0) is 9.47 Å². The average Bonchev–Trinajstić information content (AvgIpc) is 3.30. The first-order valence-electron chi connectivity index (χ1n) is 11.4. The molecule has 0 saturated carbocycles. The van der Waals surface area contributed by atoms with Gasteiger partial charge in [-0.05, 0) is 28.8 Å². The van der Waals surface area contributed by atoms with Crippen molar-refractivity contribution in [3.8, 4) is 33.4 Å². The van der Waals surface area contributed by atoms with Gasteiger partial charge in [0.05, 0.1) is 30.9 Å². The molecule has 37 heavy (non-hydrogen) atoms. The van der Waals surface area contributed by atoms with Crippen LogP contribution in [0.2, 0.25) is 0 Å². The first-order valence-corrected chi connectivity index (χ1v) is 11.4. The van der Waals surface area contributed by atoms with Crippen molar-refractivity contribution in [2.45, 2.75) is 0 Å². The van der Waals surface area contributed by atoms with Gasteiger partial charge in [0, 0.05) is 16.7 Å². The Kier molecular flexibility index (Phi) is 6.19. The number of carbonyl (C=O) groups excluding carboxylic acids is 2. The van der Waals surface area contributed by atoms with E-state index < -0.39 is 17.8 Å². The SMILES string of the molecule is COC(=O)c1ccc(-c2c(-c3ccccc3)c(F)c3oc(C(=O)OC)c(N)c3c2-c2ccccc2)cc1. The predicted octanol–water partition coefficient (Wildman–Crippen LogP) is 6.73. The number of carbonyl (C=O) groups is 2. The van der Waals surface area contributed by atoms with Crippen LogP contribution in [0.15, 0.2) is 89.3 Å². The van der Waals surface area contributed by atoms with Crippen LogP contribution in [0.25, 0.3) is 44.3 Å². The summed E-state index contributed by atoms with van der Waals surface area (Å²) < 4.78 is 31.8. The van der Waals surface area contributed by atoms with E-state index >= 15 is 4.39 Å². The molecule has 184 valence electrons. The minimum Gasteiger partial charge on any atom is -0.465 e. The molecule has 0 bridgehead atoms. The molecule has 5 rings (SSSR count). The summed E-state index contributed by atoms with van der Waals surface area (Å²) in [7, 11) is 2.51. The maximum atomic E-state index is 16.4. The summed E-state index contributed by atoms with van der Waals surface area (Å²) >= 11 is 0. The molecule has 7 heteroatoms. The molecule has 2 N–H and O–H groups in total. The minimum atomic E-state index is -0.808. The molecule has 0 unspecified atom stereocenters. The van der Waals surface area contributed by atoms with E-state index in [-0.39, 0.29) is 28.0 Å². The van der Waals surface area contributed by atoms with Gasteiger partial charge >= 0.3 is 11.9 Å². The van der Waals surface area contributed by atoms with E-state index in [1.54, 1.807) is 36.4 Å². The van der Waals surface area contributed by atoms with Gasteiger partial charge in [0.1, 0.15) is 0 Å². The van der Waals surface area contributed by atoms with Crippen molar-refractivity contribution in [2.75, 3.05) is 20.0 Å². The van der Waals surface area contributed by atoms with E-state index in [9.17, 15) is 9.59 Å². The van der Waals surface area contributed by atoms with Crippen LogP contribution in [0.1, 0.15) is 20.9 Å². The van der Waals surface area contributed by atoms with Crippen LogP contribution in [0.4, 0.5) is 10.1 Å². The van der Waals surface area contributed by atoms with Gasteiger partial charge in [-0.1, -0.05) is 72.8 Å². The molecule has 0 atom stereocenters. The lowest BCUT2D eigenvalue weighted by molar-refractivity contribution is 0.0567. The minimum absolute atomic E-state index is 0.0216. The lowest BCUT2D eigenvalue weighted by Gasteiger charge is -2.19. The van der Waals surface area contributed by atoms with Gasteiger partial charge in [-0.25, -0.2) is 14.0 Å². The third-order valence-electron chi connectivity index (χ3n) is 6.20. The van der Waals surface area contributed by atoms with Gasteiger partial charge in [0.2, 0.25) is 5.76 Å². The van der Waals surface area contributed by atoms with E-state index in [1.165, 1.54) is 14.2 Å². The summed E-state index contributed by atoms with van der Waals surface area (Å²) in [5.41, 5.74) is 9.95. The van der Waals surface area contributed by atoms with Gasteiger partial charge in [-0.2, -0.15) is 0 Å². The fourth-order valence-corrected chi connectivity index (χ4v) is 4.51. The number of rotatable bonds is 5. The molecular formula is C30H22FNO5. The molecule has 0 aliphatic rings. The number of ether oxygens (including phenoxy) is 2. The highest BCUT2D eigenvalue weighted by molar-refractivity contribution is 6.16. The summed E-state index contributed by atoms with van der Waals surface area (Å²) in [5.74, 6) is -2.24. The largest absolute Gasteiger partial charge is 0.465 e. The molecule has 0 aliphatic heterocycles. The Balaban J connectivity index is 1.97. The molecule has 1 heterocycles. The molecular weight excluding hydrogens is 473 g/mol. The average molecular weight is 496 g/mol. The van der Waals surface area contributed by atoms with E-state index in [0.717, 1.165) is 5.56 Å². The Morgan fingerprint density at radius 3 is 1.76 bits per heavy atom. The van der Waals surface area contributed by atoms with Crippen LogP contribution in [0.3, 0.4) is 0 Å². The number of hydrogen-bond acceptors (Lipinski definition) is 6. The number of anilines is 1. The maximum Gasteiger partial charge on any atom is 0.376 e. The number of methoxy groups -OCH3 is 2. The highest BCUT2D eigenvalue weighted by atomic mass is 19.1. The van der Waals surface area contributed by atoms with E-state index in [1.807, 2.05) is 48.5 Å². The highest BCUT2D eigenvalue weighted by Crippen LogP contribution is 2.49. The lowest BCUT2D eigenvalue weighted by atomic mass is 9.84. The molecule has 0 spiro atoms. The molecule has 4 aromatic carbocycles.